The average Bonchev–Trinajstić information content (AvgIpc) is 2.92. The highest BCUT2D eigenvalue weighted by Gasteiger charge is 2.45. The molecule has 2 fully saturated rings. The van der Waals surface area contributed by atoms with Crippen molar-refractivity contribution in [3.8, 4) is 0 Å². The topological polar surface area (TPSA) is 49.9 Å². The lowest BCUT2D eigenvalue weighted by molar-refractivity contribution is -0.0315. The van der Waals surface area contributed by atoms with Gasteiger partial charge in [-0.15, -0.1) is 0 Å². The number of aryl methyl sites for hydroxylation is 1. The van der Waals surface area contributed by atoms with Crippen LogP contribution in [0.2, 0.25) is 0 Å². The molecular formula is C17H26N2O3S. The number of ether oxygens (including phenoxy) is 1. The molecule has 0 radical (unpaired) electrons. The van der Waals surface area contributed by atoms with Crippen LogP contribution in [-0.2, 0) is 14.8 Å². The van der Waals surface area contributed by atoms with Gasteiger partial charge in [0.25, 0.3) is 0 Å². The first-order valence-corrected chi connectivity index (χ1v) is 9.64. The zero-order valence-electron chi connectivity index (χ0n) is 14.2. The molecule has 2 aliphatic rings. The standard InChI is InChI=1S/C17H26N2O3S/c1-14-5-4-6-16(11-14)23(20,21)19-9-7-17(8-10-19)12-15(13-22-17)18(2)3/h4-6,11,15H,7-10,12-13H2,1-3H3/t15-/m0/s1. The lowest BCUT2D eigenvalue weighted by Gasteiger charge is -2.38. The molecule has 1 spiro atoms. The molecule has 1 atom stereocenters. The molecule has 0 bridgehead atoms. The van der Waals surface area contributed by atoms with Crippen molar-refractivity contribution in [2.45, 2.75) is 42.7 Å². The summed E-state index contributed by atoms with van der Waals surface area (Å²) in [6, 6.07) is 7.58. The van der Waals surface area contributed by atoms with Gasteiger partial charge in [-0.05, 0) is 58.0 Å². The molecule has 2 heterocycles. The van der Waals surface area contributed by atoms with Gasteiger partial charge in [0.15, 0.2) is 0 Å². The summed E-state index contributed by atoms with van der Waals surface area (Å²) < 4.78 is 33.3. The molecule has 128 valence electrons. The van der Waals surface area contributed by atoms with Crippen molar-refractivity contribution in [1.82, 2.24) is 9.21 Å². The summed E-state index contributed by atoms with van der Waals surface area (Å²) in [5.41, 5.74) is 0.834. The van der Waals surface area contributed by atoms with Gasteiger partial charge in [0.05, 0.1) is 17.1 Å². The number of sulfonamides is 1. The highest BCUT2D eigenvalue weighted by atomic mass is 32.2. The molecule has 2 saturated heterocycles. The van der Waals surface area contributed by atoms with Gasteiger partial charge in [-0.25, -0.2) is 8.42 Å². The molecule has 23 heavy (non-hydrogen) atoms. The van der Waals surface area contributed by atoms with Crippen molar-refractivity contribution in [3.63, 3.8) is 0 Å². The van der Waals surface area contributed by atoms with E-state index in [0.29, 0.717) is 24.0 Å². The van der Waals surface area contributed by atoms with Crippen LogP contribution in [0.15, 0.2) is 29.2 Å². The van der Waals surface area contributed by atoms with Gasteiger partial charge in [0.2, 0.25) is 10.0 Å². The van der Waals surface area contributed by atoms with Gasteiger partial charge in [-0.2, -0.15) is 4.31 Å². The van der Waals surface area contributed by atoms with Gasteiger partial charge < -0.3 is 9.64 Å². The summed E-state index contributed by atoms with van der Waals surface area (Å²) in [4.78, 5) is 2.59. The Kier molecular flexibility index (Phi) is 4.53. The minimum absolute atomic E-state index is 0.131. The quantitative estimate of drug-likeness (QED) is 0.844. The monoisotopic (exact) mass is 338 g/mol. The van der Waals surface area contributed by atoms with Crippen LogP contribution in [0.5, 0.6) is 0 Å². The van der Waals surface area contributed by atoms with E-state index in [9.17, 15) is 8.42 Å². The van der Waals surface area contributed by atoms with Gasteiger partial charge in [-0.1, -0.05) is 12.1 Å². The lowest BCUT2D eigenvalue weighted by atomic mass is 9.88. The molecule has 3 rings (SSSR count). The highest BCUT2D eigenvalue weighted by Crippen LogP contribution is 2.38. The molecule has 0 aromatic heterocycles. The summed E-state index contributed by atoms with van der Waals surface area (Å²) >= 11 is 0. The van der Waals surface area contributed by atoms with E-state index in [0.717, 1.165) is 31.4 Å². The van der Waals surface area contributed by atoms with Gasteiger partial charge in [0, 0.05) is 19.1 Å². The molecule has 1 aromatic rings. The van der Waals surface area contributed by atoms with Crippen LogP contribution >= 0.6 is 0 Å². The van der Waals surface area contributed by atoms with Gasteiger partial charge in [0.1, 0.15) is 0 Å². The number of rotatable bonds is 3. The van der Waals surface area contributed by atoms with E-state index in [-0.39, 0.29) is 5.60 Å². The fourth-order valence-corrected chi connectivity index (χ4v) is 5.11. The minimum atomic E-state index is -3.39. The third kappa shape index (κ3) is 3.31. The van der Waals surface area contributed by atoms with Crippen molar-refractivity contribution in [2.75, 3.05) is 33.8 Å². The maximum Gasteiger partial charge on any atom is 0.243 e. The molecule has 0 saturated carbocycles. The number of hydrogen-bond acceptors (Lipinski definition) is 4. The average molecular weight is 338 g/mol. The smallest absolute Gasteiger partial charge is 0.243 e. The third-order valence-corrected chi connectivity index (χ3v) is 7.08. The summed E-state index contributed by atoms with van der Waals surface area (Å²) in [5.74, 6) is 0. The van der Waals surface area contributed by atoms with Crippen molar-refractivity contribution < 1.29 is 13.2 Å². The van der Waals surface area contributed by atoms with Gasteiger partial charge in [-0.3, -0.25) is 0 Å². The van der Waals surface area contributed by atoms with Crippen LogP contribution in [0.25, 0.3) is 0 Å². The number of piperidine rings is 1. The highest BCUT2D eigenvalue weighted by molar-refractivity contribution is 7.89. The maximum atomic E-state index is 12.8. The lowest BCUT2D eigenvalue weighted by Crippen LogP contribution is -2.46. The Morgan fingerprint density at radius 3 is 2.52 bits per heavy atom. The van der Waals surface area contributed by atoms with Crippen LogP contribution in [0.3, 0.4) is 0 Å². The Bertz CT molecular complexity index is 664. The second-order valence-electron chi connectivity index (χ2n) is 7.04. The second kappa shape index (κ2) is 6.16. The molecule has 0 amide bonds. The van der Waals surface area contributed by atoms with Crippen molar-refractivity contribution in [1.29, 1.82) is 0 Å². The Morgan fingerprint density at radius 2 is 1.96 bits per heavy atom. The molecule has 0 N–H and O–H groups in total. The Balaban J connectivity index is 1.70. The number of benzene rings is 1. The van der Waals surface area contributed by atoms with Gasteiger partial charge >= 0.3 is 0 Å². The molecule has 0 unspecified atom stereocenters. The minimum Gasteiger partial charge on any atom is -0.373 e. The molecule has 1 aromatic carbocycles. The molecule has 5 nitrogen and oxygen atoms in total. The fraction of sp³-hybridized carbons (Fsp3) is 0.647. The zero-order chi connectivity index (χ0) is 16.7. The second-order valence-corrected chi connectivity index (χ2v) is 8.97. The third-order valence-electron chi connectivity index (χ3n) is 5.18. The first kappa shape index (κ1) is 16.9. The predicted molar refractivity (Wildman–Crippen MR) is 89.9 cm³/mol. The summed E-state index contributed by atoms with van der Waals surface area (Å²) in [7, 11) is 0.754. The van der Waals surface area contributed by atoms with Crippen LogP contribution in [0.1, 0.15) is 24.8 Å². The summed E-state index contributed by atoms with van der Waals surface area (Å²) in [5, 5.41) is 0. The largest absolute Gasteiger partial charge is 0.373 e. The zero-order valence-corrected chi connectivity index (χ0v) is 15.0. The summed E-state index contributed by atoms with van der Waals surface area (Å²) in [6.45, 7) is 3.74. The number of hydrogen-bond donors (Lipinski definition) is 0. The van der Waals surface area contributed by atoms with Crippen LogP contribution in [-0.4, -0.2) is 63.1 Å². The molecule has 0 aliphatic carbocycles. The Hall–Kier alpha value is -0.950. The van der Waals surface area contributed by atoms with Crippen molar-refractivity contribution in [2.24, 2.45) is 0 Å². The number of nitrogens with zero attached hydrogens (tertiary/aromatic N) is 2. The van der Waals surface area contributed by atoms with Crippen LogP contribution < -0.4 is 0 Å². The van der Waals surface area contributed by atoms with Crippen LogP contribution in [0.4, 0.5) is 0 Å². The van der Waals surface area contributed by atoms with E-state index in [4.69, 9.17) is 4.74 Å². The Labute approximate surface area is 139 Å². The molecule has 2 aliphatic heterocycles. The van der Waals surface area contributed by atoms with Crippen molar-refractivity contribution >= 4 is 10.0 Å². The first-order chi connectivity index (χ1) is 10.8. The van der Waals surface area contributed by atoms with E-state index >= 15 is 0 Å². The van der Waals surface area contributed by atoms with E-state index in [1.807, 2.05) is 13.0 Å². The Morgan fingerprint density at radius 1 is 1.26 bits per heavy atom. The van der Waals surface area contributed by atoms with Crippen LogP contribution in [0, 0.1) is 6.92 Å². The SMILES string of the molecule is Cc1cccc(S(=O)(=O)N2CCC3(CC2)C[C@H](N(C)C)CO3)c1. The van der Waals surface area contributed by atoms with E-state index in [2.05, 4.69) is 19.0 Å². The molecular weight excluding hydrogens is 312 g/mol. The predicted octanol–water partition coefficient (Wildman–Crippen LogP) is 1.87. The number of likely N-dealkylation sites (N-methyl/N-ethyl adjacent to an activating group) is 1. The fourth-order valence-electron chi connectivity index (χ4n) is 3.56. The summed E-state index contributed by atoms with van der Waals surface area (Å²) in [6.07, 6.45) is 2.56. The first-order valence-electron chi connectivity index (χ1n) is 8.20. The van der Waals surface area contributed by atoms with E-state index in [1.54, 1.807) is 22.5 Å². The maximum absolute atomic E-state index is 12.8. The van der Waals surface area contributed by atoms with E-state index < -0.39 is 10.0 Å². The van der Waals surface area contributed by atoms with Crippen molar-refractivity contribution in [3.05, 3.63) is 29.8 Å². The van der Waals surface area contributed by atoms with E-state index in [1.165, 1.54) is 0 Å². The molecule has 6 heteroatoms. The normalized spacial score (nSPS) is 25.3.